The molecular formula is C66H50BN3. The Morgan fingerprint density at radius 1 is 0.343 bits per heavy atom. The van der Waals surface area contributed by atoms with Gasteiger partial charge in [0.05, 0.1) is 5.41 Å². The summed E-state index contributed by atoms with van der Waals surface area (Å²) in [6, 6.07) is 80.6. The molecule has 1 spiro atoms. The SMILES string of the molecule is Cc1cccc(N2c3cc(C)ccc3B3c4cc5c(cc4N(c4ccc(C)cc4C)c4cc(C)cc2c43)C2(c3ccccc3-c3ccc(N(c4ccccc4)c4ccccc4)cc32)c2ccccc2-5)c1. The van der Waals surface area contributed by atoms with Gasteiger partial charge in [-0.2, -0.15) is 0 Å². The fraction of sp³-hybridized carbons (Fsp3) is 0.0909. The highest BCUT2D eigenvalue weighted by molar-refractivity contribution is 7.00. The average Bonchev–Trinajstić information content (AvgIpc) is 3.83. The molecule has 0 aromatic heterocycles. The molecule has 1 atom stereocenters. The predicted molar refractivity (Wildman–Crippen MR) is 295 cm³/mol. The summed E-state index contributed by atoms with van der Waals surface area (Å²) in [5.41, 5.74) is 30.9. The first-order valence-corrected chi connectivity index (χ1v) is 24.7. The summed E-state index contributed by atoms with van der Waals surface area (Å²) in [5.74, 6) is 0. The minimum absolute atomic E-state index is 0.00617. The summed E-state index contributed by atoms with van der Waals surface area (Å²) in [5, 5.41) is 0. The van der Waals surface area contributed by atoms with E-state index in [-0.39, 0.29) is 6.71 Å². The summed E-state index contributed by atoms with van der Waals surface area (Å²) in [6.07, 6.45) is 0. The highest BCUT2D eigenvalue weighted by Crippen LogP contribution is 2.64. The van der Waals surface area contributed by atoms with E-state index in [1.165, 1.54) is 123 Å². The van der Waals surface area contributed by atoms with E-state index in [9.17, 15) is 0 Å². The molecule has 0 saturated heterocycles. The Labute approximate surface area is 411 Å². The molecule has 4 heteroatoms. The molecule has 10 aromatic rings. The third kappa shape index (κ3) is 5.65. The van der Waals surface area contributed by atoms with Crippen molar-refractivity contribution in [2.75, 3.05) is 14.7 Å². The second kappa shape index (κ2) is 15.1. The molecule has 0 saturated carbocycles. The molecule has 14 rings (SSSR count). The molecule has 332 valence electrons. The molecule has 0 amide bonds. The second-order valence-corrected chi connectivity index (χ2v) is 20.0. The van der Waals surface area contributed by atoms with Crippen molar-refractivity contribution in [3.63, 3.8) is 0 Å². The van der Waals surface area contributed by atoms with Crippen LogP contribution in [0, 0.1) is 34.6 Å². The Morgan fingerprint density at radius 2 is 0.914 bits per heavy atom. The molecule has 3 nitrogen and oxygen atoms in total. The van der Waals surface area contributed by atoms with Crippen LogP contribution in [0.4, 0.5) is 51.2 Å². The van der Waals surface area contributed by atoms with E-state index < -0.39 is 5.41 Å². The molecule has 0 radical (unpaired) electrons. The van der Waals surface area contributed by atoms with Crippen LogP contribution >= 0.6 is 0 Å². The summed E-state index contributed by atoms with van der Waals surface area (Å²) in [7, 11) is 0. The van der Waals surface area contributed by atoms with Gasteiger partial charge in [-0.25, -0.2) is 0 Å². The highest BCUT2D eigenvalue weighted by Gasteiger charge is 2.54. The van der Waals surface area contributed by atoms with Gasteiger partial charge in [-0.3, -0.25) is 0 Å². The maximum Gasteiger partial charge on any atom is 0.252 e. The molecule has 0 bridgehead atoms. The number of hydrogen-bond acceptors (Lipinski definition) is 3. The summed E-state index contributed by atoms with van der Waals surface area (Å²) in [6.45, 7) is 11.2. The molecule has 0 N–H and O–H groups in total. The third-order valence-electron chi connectivity index (χ3n) is 15.7. The van der Waals surface area contributed by atoms with Gasteiger partial charge in [-0.1, -0.05) is 139 Å². The van der Waals surface area contributed by atoms with E-state index in [1.54, 1.807) is 0 Å². The van der Waals surface area contributed by atoms with Crippen LogP contribution in [0.1, 0.15) is 50.1 Å². The Kier molecular flexibility index (Phi) is 8.77. The Balaban J connectivity index is 1.09. The van der Waals surface area contributed by atoms with Crippen molar-refractivity contribution in [1.29, 1.82) is 0 Å². The number of aryl methyl sites for hydroxylation is 5. The smallest absolute Gasteiger partial charge is 0.252 e. The van der Waals surface area contributed by atoms with E-state index in [1.807, 2.05) is 0 Å². The molecule has 0 fully saturated rings. The molecular weight excluding hydrogens is 846 g/mol. The second-order valence-electron chi connectivity index (χ2n) is 20.0. The number of benzene rings is 10. The number of rotatable bonds is 5. The predicted octanol–water partition coefficient (Wildman–Crippen LogP) is 15.1. The molecule has 1 unspecified atom stereocenters. The standard InChI is InChI=1S/C66H50BN3/c1-41-17-16-22-48(34-41)69-61-35-43(3)27-31-58(61)67-59-39-53-51-24-13-15-26-55(51)66(57(53)40-62(59)70(60-32-28-42(2)33-45(60)5)64-37-44(4)36-63(69)65(64)67)54-25-14-12-23-50(54)52-30-29-49(38-56(52)66)68(46-18-8-6-9-19-46)47-20-10-7-11-21-47/h6-40H,1-5H3. The first-order chi connectivity index (χ1) is 34.3. The number of anilines is 9. The molecule has 2 aliphatic heterocycles. The van der Waals surface area contributed by atoms with Gasteiger partial charge >= 0.3 is 0 Å². The topological polar surface area (TPSA) is 9.72 Å². The summed E-state index contributed by atoms with van der Waals surface area (Å²) >= 11 is 0. The largest absolute Gasteiger partial charge is 0.311 e. The molecule has 2 aliphatic carbocycles. The van der Waals surface area contributed by atoms with Crippen molar-refractivity contribution in [3.05, 3.63) is 262 Å². The van der Waals surface area contributed by atoms with Crippen LogP contribution in [0.5, 0.6) is 0 Å². The zero-order valence-electron chi connectivity index (χ0n) is 40.1. The van der Waals surface area contributed by atoms with Gasteiger partial charge in [-0.05, 0) is 197 Å². The van der Waals surface area contributed by atoms with Crippen molar-refractivity contribution < 1.29 is 0 Å². The maximum absolute atomic E-state index is 2.63. The fourth-order valence-corrected chi connectivity index (χ4v) is 13.0. The van der Waals surface area contributed by atoms with Crippen molar-refractivity contribution in [2.24, 2.45) is 0 Å². The number of hydrogen-bond donors (Lipinski definition) is 0. The molecule has 2 heterocycles. The quantitative estimate of drug-likeness (QED) is 0.159. The van der Waals surface area contributed by atoms with Crippen molar-refractivity contribution in [2.45, 2.75) is 40.0 Å². The van der Waals surface area contributed by atoms with Gasteiger partial charge in [0.1, 0.15) is 0 Å². The lowest BCUT2D eigenvalue weighted by Crippen LogP contribution is -2.61. The lowest BCUT2D eigenvalue weighted by atomic mass is 9.33. The van der Waals surface area contributed by atoms with E-state index in [2.05, 4.69) is 262 Å². The number of fused-ring (bicyclic) bond motifs is 14. The third-order valence-corrected chi connectivity index (χ3v) is 15.7. The van der Waals surface area contributed by atoms with Gasteiger partial charge in [0.15, 0.2) is 0 Å². The van der Waals surface area contributed by atoms with Gasteiger partial charge in [0, 0.05) is 51.2 Å². The van der Waals surface area contributed by atoms with Crippen molar-refractivity contribution in [3.8, 4) is 22.3 Å². The molecule has 4 aliphatic rings. The zero-order chi connectivity index (χ0) is 47.0. The van der Waals surface area contributed by atoms with Gasteiger partial charge < -0.3 is 14.7 Å². The minimum atomic E-state index is -0.586. The van der Waals surface area contributed by atoms with Crippen molar-refractivity contribution >= 4 is 74.3 Å². The number of nitrogens with zero attached hydrogens (tertiary/aromatic N) is 3. The Morgan fingerprint density at radius 3 is 1.61 bits per heavy atom. The van der Waals surface area contributed by atoms with E-state index in [0.29, 0.717) is 0 Å². The minimum Gasteiger partial charge on any atom is -0.311 e. The first kappa shape index (κ1) is 40.7. The van der Waals surface area contributed by atoms with Crippen LogP contribution in [0.3, 0.4) is 0 Å². The van der Waals surface area contributed by atoms with E-state index >= 15 is 0 Å². The van der Waals surface area contributed by atoms with Crippen molar-refractivity contribution in [1.82, 2.24) is 0 Å². The zero-order valence-corrected chi connectivity index (χ0v) is 40.1. The number of para-hydroxylation sites is 2. The van der Waals surface area contributed by atoms with Crippen LogP contribution < -0.4 is 31.1 Å². The maximum atomic E-state index is 2.63. The average molecular weight is 896 g/mol. The lowest BCUT2D eigenvalue weighted by Gasteiger charge is -2.45. The monoisotopic (exact) mass is 895 g/mol. The lowest BCUT2D eigenvalue weighted by molar-refractivity contribution is 0.793. The summed E-state index contributed by atoms with van der Waals surface area (Å²) < 4.78 is 0. The highest BCUT2D eigenvalue weighted by atomic mass is 15.2. The first-order valence-electron chi connectivity index (χ1n) is 24.7. The molecule has 70 heavy (non-hydrogen) atoms. The van der Waals surface area contributed by atoms with Gasteiger partial charge in [0.2, 0.25) is 0 Å². The normalized spacial score (nSPS) is 15.2. The van der Waals surface area contributed by atoms with Crippen LogP contribution in [-0.2, 0) is 5.41 Å². The van der Waals surface area contributed by atoms with Crippen LogP contribution in [0.2, 0.25) is 0 Å². The summed E-state index contributed by atoms with van der Waals surface area (Å²) in [4.78, 5) is 7.58. The molecule has 10 aromatic carbocycles. The Hall–Kier alpha value is -8.34. The van der Waals surface area contributed by atoms with Gasteiger partial charge in [-0.15, -0.1) is 0 Å². The Bertz CT molecular complexity index is 3780. The fourth-order valence-electron chi connectivity index (χ4n) is 13.0. The van der Waals surface area contributed by atoms with Crippen LogP contribution in [0.25, 0.3) is 22.3 Å². The van der Waals surface area contributed by atoms with Crippen LogP contribution in [-0.4, -0.2) is 6.71 Å². The van der Waals surface area contributed by atoms with Crippen LogP contribution in [0.15, 0.2) is 212 Å². The van der Waals surface area contributed by atoms with E-state index in [4.69, 9.17) is 0 Å². The van der Waals surface area contributed by atoms with Gasteiger partial charge in [0.25, 0.3) is 6.71 Å². The van der Waals surface area contributed by atoms with E-state index in [0.717, 1.165) is 17.1 Å².